The number of aliphatic hydroxyl groups is 1. The van der Waals surface area contributed by atoms with Crippen LogP contribution < -0.4 is 0 Å². The molecule has 2 rings (SSSR count). The molecule has 0 amide bonds. The summed E-state index contributed by atoms with van der Waals surface area (Å²) in [7, 11) is 0. The van der Waals surface area contributed by atoms with Gasteiger partial charge < -0.3 is 5.11 Å². The summed E-state index contributed by atoms with van der Waals surface area (Å²) >= 11 is 5.86. The van der Waals surface area contributed by atoms with Crippen LogP contribution in [0, 0.1) is 5.41 Å². The lowest BCUT2D eigenvalue weighted by Gasteiger charge is -2.33. The van der Waals surface area contributed by atoms with E-state index < -0.39 is 0 Å². The van der Waals surface area contributed by atoms with Gasteiger partial charge in [0.25, 0.3) is 0 Å². The molecule has 0 aliphatic heterocycles. The predicted octanol–water partition coefficient (Wildman–Crippen LogP) is 4.34. The van der Waals surface area contributed by atoms with E-state index in [1.165, 1.54) is 12.8 Å². The zero-order valence-corrected chi connectivity index (χ0v) is 10.5. The topological polar surface area (TPSA) is 20.2 Å². The molecule has 0 radical (unpaired) electrons. The second-order valence-corrected chi connectivity index (χ2v) is 5.31. The van der Waals surface area contributed by atoms with Gasteiger partial charge >= 0.3 is 0 Å². The van der Waals surface area contributed by atoms with Crippen LogP contribution in [0.1, 0.15) is 50.7 Å². The van der Waals surface area contributed by atoms with Gasteiger partial charge in [-0.2, -0.15) is 0 Å². The molecule has 88 valence electrons. The van der Waals surface area contributed by atoms with Gasteiger partial charge in [0.05, 0.1) is 6.10 Å². The molecule has 0 saturated heterocycles. The first-order chi connectivity index (χ1) is 7.68. The van der Waals surface area contributed by atoms with Crippen molar-refractivity contribution in [2.75, 3.05) is 0 Å². The van der Waals surface area contributed by atoms with Gasteiger partial charge in [0.1, 0.15) is 0 Å². The van der Waals surface area contributed by atoms with Crippen molar-refractivity contribution in [3.05, 3.63) is 34.9 Å². The van der Waals surface area contributed by atoms with Crippen LogP contribution >= 0.6 is 11.6 Å². The average molecular weight is 239 g/mol. The van der Waals surface area contributed by atoms with Crippen LogP contribution in [0.4, 0.5) is 0 Å². The highest BCUT2D eigenvalue weighted by Crippen LogP contribution is 2.49. The molecule has 0 bridgehead atoms. The lowest BCUT2D eigenvalue weighted by molar-refractivity contribution is 0.0238. The molecular weight excluding hydrogens is 220 g/mol. The fourth-order valence-corrected chi connectivity index (χ4v) is 3.02. The SMILES string of the molecule is CCC1(C(O)c2ccc(Cl)cc2)CCCC1. The Bertz CT molecular complexity index is 338. The first-order valence-electron chi connectivity index (χ1n) is 6.11. The summed E-state index contributed by atoms with van der Waals surface area (Å²) in [5.41, 5.74) is 1.11. The Kier molecular flexibility index (Phi) is 3.56. The Morgan fingerprint density at radius 3 is 2.31 bits per heavy atom. The molecule has 1 aliphatic rings. The van der Waals surface area contributed by atoms with Gasteiger partial charge in [0.2, 0.25) is 0 Å². The quantitative estimate of drug-likeness (QED) is 0.831. The highest BCUT2D eigenvalue weighted by Gasteiger charge is 2.39. The molecular formula is C14H19ClO. The van der Waals surface area contributed by atoms with E-state index in [1.807, 2.05) is 24.3 Å². The van der Waals surface area contributed by atoms with Gasteiger partial charge in [-0.3, -0.25) is 0 Å². The molecule has 1 atom stereocenters. The molecule has 0 spiro atoms. The van der Waals surface area contributed by atoms with Crippen molar-refractivity contribution in [2.45, 2.75) is 45.1 Å². The Labute approximate surface area is 102 Å². The molecule has 1 N–H and O–H groups in total. The van der Waals surface area contributed by atoms with Gasteiger partial charge in [-0.05, 0) is 37.0 Å². The van der Waals surface area contributed by atoms with Crippen molar-refractivity contribution in [3.8, 4) is 0 Å². The highest BCUT2D eigenvalue weighted by atomic mass is 35.5. The number of rotatable bonds is 3. The minimum Gasteiger partial charge on any atom is -0.388 e. The van der Waals surface area contributed by atoms with E-state index in [-0.39, 0.29) is 11.5 Å². The summed E-state index contributed by atoms with van der Waals surface area (Å²) in [6.45, 7) is 2.18. The molecule has 0 aromatic heterocycles. The van der Waals surface area contributed by atoms with Crippen molar-refractivity contribution < 1.29 is 5.11 Å². The van der Waals surface area contributed by atoms with Crippen LogP contribution in [-0.2, 0) is 0 Å². The van der Waals surface area contributed by atoms with Crippen LogP contribution in [0.5, 0.6) is 0 Å². The monoisotopic (exact) mass is 238 g/mol. The van der Waals surface area contributed by atoms with Gasteiger partial charge in [0.15, 0.2) is 0 Å². The van der Waals surface area contributed by atoms with E-state index in [4.69, 9.17) is 11.6 Å². The molecule has 16 heavy (non-hydrogen) atoms. The maximum atomic E-state index is 10.5. The molecule has 2 heteroatoms. The fourth-order valence-electron chi connectivity index (χ4n) is 2.90. The third-order valence-electron chi connectivity index (χ3n) is 4.07. The third kappa shape index (κ3) is 2.11. The first kappa shape index (κ1) is 11.9. The molecule has 0 heterocycles. The van der Waals surface area contributed by atoms with E-state index in [1.54, 1.807) is 0 Å². The van der Waals surface area contributed by atoms with Crippen LogP contribution in [-0.4, -0.2) is 5.11 Å². The Morgan fingerprint density at radius 1 is 1.25 bits per heavy atom. The summed E-state index contributed by atoms with van der Waals surface area (Å²) in [4.78, 5) is 0. The van der Waals surface area contributed by atoms with Crippen molar-refractivity contribution in [2.24, 2.45) is 5.41 Å². The molecule has 1 fully saturated rings. The van der Waals surface area contributed by atoms with Crippen LogP contribution in [0.25, 0.3) is 0 Å². The van der Waals surface area contributed by atoms with Gasteiger partial charge in [-0.1, -0.05) is 43.5 Å². The predicted molar refractivity (Wildman–Crippen MR) is 67.6 cm³/mol. The van der Waals surface area contributed by atoms with Crippen molar-refractivity contribution in [1.82, 2.24) is 0 Å². The molecule has 1 unspecified atom stereocenters. The minimum absolute atomic E-state index is 0.105. The number of halogens is 1. The van der Waals surface area contributed by atoms with Crippen LogP contribution in [0.3, 0.4) is 0 Å². The average Bonchev–Trinajstić information content (AvgIpc) is 2.79. The Hall–Kier alpha value is -0.530. The van der Waals surface area contributed by atoms with E-state index in [0.717, 1.165) is 29.8 Å². The number of hydrogen-bond donors (Lipinski definition) is 1. The fraction of sp³-hybridized carbons (Fsp3) is 0.571. The van der Waals surface area contributed by atoms with Gasteiger partial charge in [-0.15, -0.1) is 0 Å². The third-order valence-corrected chi connectivity index (χ3v) is 4.32. The zero-order valence-electron chi connectivity index (χ0n) is 9.75. The Morgan fingerprint density at radius 2 is 1.81 bits per heavy atom. The van der Waals surface area contributed by atoms with Crippen LogP contribution in [0.15, 0.2) is 24.3 Å². The molecule has 1 saturated carbocycles. The Balaban J connectivity index is 2.23. The molecule has 1 aromatic carbocycles. The van der Waals surface area contributed by atoms with Crippen molar-refractivity contribution in [1.29, 1.82) is 0 Å². The summed E-state index contributed by atoms with van der Waals surface area (Å²) < 4.78 is 0. The molecule has 1 aromatic rings. The second-order valence-electron chi connectivity index (χ2n) is 4.88. The number of benzene rings is 1. The smallest absolute Gasteiger partial charge is 0.0846 e. The maximum absolute atomic E-state index is 10.5. The molecule has 1 aliphatic carbocycles. The number of aliphatic hydroxyl groups excluding tert-OH is 1. The van der Waals surface area contributed by atoms with Gasteiger partial charge in [-0.25, -0.2) is 0 Å². The summed E-state index contributed by atoms with van der Waals surface area (Å²) in [6.07, 6.45) is 5.51. The number of hydrogen-bond acceptors (Lipinski definition) is 1. The lowest BCUT2D eigenvalue weighted by Crippen LogP contribution is -2.24. The standard InChI is InChI=1S/C14H19ClO/c1-2-14(9-3-4-10-14)13(16)11-5-7-12(15)8-6-11/h5-8,13,16H,2-4,9-10H2,1H3. The van der Waals surface area contributed by atoms with E-state index >= 15 is 0 Å². The van der Waals surface area contributed by atoms with E-state index in [0.29, 0.717) is 0 Å². The van der Waals surface area contributed by atoms with Crippen molar-refractivity contribution in [3.63, 3.8) is 0 Å². The minimum atomic E-state index is -0.336. The largest absolute Gasteiger partial charge is 0.388 e. The van der Waals surface area contributed by atoms with Crippen molar-refractivity contribution >= 4 is 11.6 Å². The highest BCUT2D eigenvalue weighted by molar-refractivity contribution is 6.30. The van der Waals surface area contributed by atoms with Crippen LogP contribution in [0.2, 0.25) is 5.02 Å². The molecule has 1 nitrogen and oxygen atoms in total. The second kappa shape index (κ2) is 4.77. The summed E-state index contributed by atoms with van der Waals surface area (Å²) in [5, 5.41) is 11.2. The first-order valence-corrected chi connectivity index (χ1v) is 6.49. The normalized spacial score (nSPS) is 20.9. The summed E-state index contributed by atoms with van der Waals surface area (Å²) in [6, 6.07) is 7.61. The van der Waals surface area contributed by atoms with E-state index in [9.17, 15) is 5.11 Å². The lowest BCUT2D eigenvalue weighted by atomic mass is 9.75. The zero-order chi connectivity index (χ0) is 11.6. The van der Waals surface area contributed by atoms with Gasteiger partial charge in [0, 0.05) is 10.4 Å². The summed E-state index contributed by atoms with van der Waals surface area (Å²) in [5.74, 6) is 0. The van der Waals surface area contributed by atoms with E-state index in [2.05, 4.69) is 6.92 Å². The maximum Gasteiger partial charge on any atom is 0.0846 e.